The predicted molar refractivity (Wildman–Crippen MR) is 79.0 cm³/mol. The molecule has 1 spiro atoms. The molecule has 5 nitrogen and oxygen atoms in total. The molecule has 0 amide bonds. The molecule has 2 saturated heterocycles. The number of aliphatic hydroxyl groups excluding tert-OH is 1. The maximum absolute atomic E-state index is 10.4. The van der Waals surface area contributed by atoms with E-state index in [9.17, 15) is 5.11 Å². The van der Waals surface area contributed by atoms with Crippen LogP contribution in [0.5, 0.6) is 0 Å². The van der Waals surface area contributed by atoms with Gasteiger partial charge in [0.25, 0.3) is 0 Å². The van der Waals surface area contributed by atoms with Gasteiger partial charge in [-0.2, -0.15) is 0 Å². The minimum atomic E-state index is -0.394. The smallest absolute Gasteiger partial charge is 0.170 e. The normalized spacial score (nSPS) is 38.1. The van der Waals surface area contributed by atoms with Crippen LogP contribution in [0.25, 0.3) is 0 Å². The molecule has 0 aromatic carbocycles. The van der Waals surface area contributed by atoms with E-state index in [1.54, 1.807) is 0 Å². The van der Waals surface area contributed by atoms with E-state index in [1.807, 2.05) is 0 Å². The molecule has 5 heteroatoms. The molecular formula is C16H28N2O3. The number of rotatable bonds is 3. The van der Waals surface area contributed by atoms with E-state index in [-0.39, 0.29) is 12.1 Å². The van der Waals surface area contributed by atoms with Crippen molar-refractivity contribution in [2.75, 3.05) is 45.9 Å². The molecule has 2 saturated carbocycles. The zero-order chi connectivity index (χ0) is 14.3. The highest BCUT2D eigenvalue weighted by Gasteiger charge is 2.46. The van der Waals surface area contributed by atoms with Crippen molar-refractivity contribution in [3.05, 3.63) is 0 Å². The molecule has 21 heavy (non-hydrogen) atoms. The summed E-state index contributed by atoms with van der Waals surface area (Å²) in [5.74, 6) is 0.579. The molecule has 2 atom stereocenters. The molecule has 2 aliphatic carbocycles. The second-order valence-electron chi connectivity index (χ2n) is 7.27. The molecule has 2 unspecified atom stereocenters. The molecule has 0 aromatic rings. The Morgan fingerprint density at radius 1 is 1.00 bits per heavy atom. The van der Waals surface area contributed by atoms with Crippen molar-refractivity contribution < 1.29 is 14.6 Å². The molecule has 2 aliphatic heterocycles. The lowest BCUT2D eigenvalue weighted by Gasteiger charge is -2.46. The summed E-state index contributed by atoms with van der Waals surface area (Å²) in [6.07, 6.45) is 5.10. The zero-order valence-corrected chi connectivity index (χ0v) is 12.9. The quantitative estimate of drug-likeness (QED) is 0.829. The van der Waals surface area contributed by atoms with Gasteiger partial charge < -0.3 is 19.5 Å². The van der Waals surface area contributed by atoms with E-state index in [0.717, 1.165) is 51.4 Å². The predicted octanol–water partition coefficient (Wildman–Crippen LogP) is 0.671. The summed E-state index contributed by atoms with van der Waals surface area (Å²) >= 11 is 0. The van der Waals surface area contributed by atoms with E-state index in [1.165, 1.54) is 19.4 Å². The Morgan fingerprint density at radius 2 is 1.71 bits per heavy atom. The Labute approximate surface area is 127 Å². The average Bonchev–Trinajstić information content (AvgIpc) is 3.21. The SMILES string of the molecule is OC1CCC2(CC1N1CCN(CC3CC3)CC1)OCCO2. The number of aliphatic hydroxyl groups is 1. The van der Waals surface area contributed by atoms with Crippen LogP contribution in [-0.2, 0) is 9.47 Å². The van der Waals surface area contributed by atoms with Gasteiger partial charge in [0.15, 0.2) is 5.79 Å². The summed E-state index contributed by atoms with van der Waals surface area (Å²) in [5.41, 5.74) is 0. The highest BCUT2D eigenvalue weighted by molar-refractivity contribution is 4.94. The molecule has 0 bridgehead atoms. The van der Waals surface area contributed by atoms with E-state index < -0.39 is 5.79 Å². The van der Waals surface area contributed by atoms with Crippen LogP contribution >= 0.6 is 0 Å². The van der Waals surface area contributed by atoms with E-state index >= 15 is 0 Å². The van der Waals surface area contributed by atoms with Crippen LogP contribution in [0.1, 0.15) is 32.1 Å². The van der Waals surface area contributed by atoms with E-state index in [0.29, 0.717) is 13.2 Å². The number of piperazine rings is 1. The number of nitrogens with zero attached hydrogens (tertiary/aromatic N) is 2. The third-order valence-corrected chi connectivity index (χ3v) is 5.69. The van der Waals surface area contributed by atoms with Crippen LogP contribution in [0.2, 0.25) is 0 Å². The molecule has 4 aliphatic rings. The molecule has 4 rings (SSSR count). The Bertz CT molecular complexity index is 361. The first-order valence-corrected chi connectivity index (χ1v) is 8.66. The minimum Gasteiger partial charge on any atom is -0.391 e. The van der Waals surface area contributed by atoms with Crippen molar-refractivity contribution in [2.24, 2.45) is 5.92 Å². The molecule has 120 valence electrons. The van der Waals surface area contributed by atoms with Crippen molar-refractivity contribution in [3.8, 4) is 0 Å². The van der Waals surface area contributed by atoms with E-state index in [4.69, 9.17) is 9.47 Å². The molecule has 2 heterocycles. The largest absolute Gasteiger partial charge is 0.391 e. The van der Waals surface area contributed by atoms with Crippen LogP contribution in [0.15, 0.2) is 0 Å². The fraction of sp³-hybridized carbons (Fsp3) is 1.00. The molecule has 0 radical (unpaired) electrons. The van der Waals surface area contributed by atoms with Gasteiger partial charge in [-0.1, -0.05) is 0 Å². The number of ether oxygens (including phenoxy) is 2. The minimum absolute atomic E-state index is 0.208. The second-order valence-corrected chi connectivity index (χ2v) is 7.27. The number of hydrogen-bond donors (Lipinski definition) is 1. The summed E-state index contributed by atoms with van der Waals surface area (Å²) in [7, 11) is 0. The lowest BCUT2D eigenvalue weighted by atomic mass is 9.86. The summed E-state index contributed by atoms with van der Waals surface area (Å²) in [4.78, 5) is 5.07. The van der Waals surface area contributed by atoms with E-state index in [2.05, 4.69) is 9.80 Å². The van der Waals surface area contributed by atoms with Gasteiger partial charge in [-0.25, -0.2) is 0 Å². The van der Waals surface area contributed by atoms with Gasteiger partial charge >= 0.3 is 0 Å². The number of hydrogen-bond acceptors (Lipinski definition) is 5. The summed E-state index contributed by atoms with van der Waals surface area (Å²) in [5, 5.41) is 10.4. The molecule has 4 fully saturated rings. The first-order valence-electron chi connectivity index (χ1n) is 8.66. The highest BCUT2D eigenvalue weighted by Crippen LogP contribution is 2.38. The first-order chi connectivity index (χ1) is 10.2. The van der Waals surface area contributed by atoms with Gasteiger partial charge in [0.1, 0.15) is 0 Å². The van der Waals surface area contributed by atoms with Gasteiger partial charge in [0.2, 0.25) is 0 Å². The van der Waals surface area contributed by atoms with Crippen molar-refractivity contribution in [2.45, 2.75) is 50.0 Å². The van der Waals surface area contributed by atoms with Crippen LogP contribution < -0.4 is 0 Å². The van der Waals surface area contributed by atoms with Gasteiger partial charge in [-0.3, -0.25) is 4.90 Å². The Balaban J connectivity index is 1.34. The van der Waals surface area contributed by atoms with Crippen molar-refractivity contribution in [3.63, 3.8) is 0 Å². The fourth-order valence-corrected chi connectivity index (χ4v) is 4.19. The average molecular weight is 296 g/mol. The van der Waals surface area contributed by atoms with Gasteiger partial charge in [-0.15, -0.1) is 0 Å². The maximum Gasteiger partial charge on any atom is 0.170 e. The summed E-state index contributed by atoms with van der Waals surface area (Å²) < 4.78 is 11.7. The Hall–Kier alpha value is -0.200. The van der Waals surface area contributed by atoms with Crippen molar-refractivity contribution in [1.29, 1.82) is 0 Å². The van der Waals surface area contributed by atoms with Crippen LogP contribution in [-0.4, -0.2) is 78.8 Å². The lowest BCUT2D eigenvalue weighted by molar-refractivity contribution is -0.206. The van der Waals surface area contributed by atoms with Gasteiger partial charge in [0.05, 0.1) is 19.3 Å². The zero-order valence-electron chi connectivity index (χ0n) is 12.9. The Kier molecular flexibility index (Phi) is 3.96. The van der Waals surface area contributed by atoms with Crippen LogP contribution in [0.3, 0.4) is 0 Å². The second kappa shape index (κ2) is 5.78. The van der Waals surface area contributed by atoms with Gasteiger partial charge in [0, 0.05) is 51.6 Å². The molecular weight excluding hydrogens is 268 g/mol. The fourth-order valence-electron chi connectivity index (χ4n) is 4.19. The molecule has 1 N–H and O–H groups in total. The van der Waals surface area contributed by atoms with Gasteiger partial charge in [-0.05, 0) is 25.2 Å². The van der Waals surface area contributed by atoms with Crippen LogP contribution in [0, 0.1) is 5.92 Å². The third-order valence-electron chi connectivity index (χ3n) is 5.69. The topological polar surface area (TPSA) is 45.2 Å². The van der Waals surface area contributed by atoms with Crippen molar-refractivity contribution >= 4 is 0 Å². The maximum atomic E-state index is 10.4. The molecule has 0 aromatic heterocycles. The standard InChI is InChI=1S/C16H28N2O3/c19-15-3-4-16(20-9-10-21-16)11-14(15)18-7-5-17(6-8-18)12-13-1-2-13/h13-15,19H,1-12H2. The Morgan fingerprint density at radius 3 is 2.38 bits per heavy atom. The monoisotopic (exact) mass is 296 g/mol. The van der Waals surface area contributed by atoms with Crippen LogP contribution in [0.4, 0.5) is 0 Å². The van der Waals surface area contributed by atoms with Crippen molar-refractivity contribution in [1.82, 2.24) is 9.80 Å². The first kappa shape index (κ1) is 14.4. The third kappa shape index (κ3) is 3.13. The summed E-state index contributed by atoms with van der Waals surface area (Å²) in [6.45, 7) is 7.14. The highest BCUT2D eigenvalue weighted by atomic mass is 16.7. The summed E-state index contributed by atoms with van der Waals surface area (Å²) in [6, 6.07) is 0.208. The lowest BCUT2D eigenvalue weighted by Crippen LogP contribution is -2.58.